The molecule has 2 rings (SSSR count). The zero-order chi connectivity index (χ0) is 13.8. The van der Waals surface area contributed by atoms with E-state index in [1.807, 2.05) is 19.2 Å². The number of benzene rings is 1. The summed E-state index contributed by atoms with van der Waals surface area (Å²) in [6.45, 7) is 7.24. The Morgan fingerprint density at radius 2 is 1.89 bits per heavy atom. The zero-order valence-electron chi connectivity index (χ0n) is 11.6. The quantitative estimate of drug-likeness (QED) is 0.766. The topological polar surface area (TPSA) is 16.1 Å². The third-order valence-corrected chi connectivity index (χ3v) is 3.55. The van der Waals surface area contributed by atoms with Gasteiger partial charge in [-0.15, -0.1) is 0 Å². The van der Waals surface area contributed by atoms with Crippen LogP contribution in [0.4, 0.5) is 5.69 Å². The van der Waals surface area contributed by atoms with E-state index in [2.05, 4.69) is 54.1 Å². The van der Waals surface area contributed by atoms with Crippen LogP contribution in [-0.4, -0.2) is 11.0 Å². The maximum Gasteiger partial charge on any atom is 0.132 e. The lowest BCUT2D eigenvalue weighted by Gasteiger charge is -2.29. The van der Waals surface area contributed by atoms with E-state index in [9.17, 15) is 0 Å². The summed E-state index contributed by atoms with van der Waals surface area (Å²) in [6.07, 6.45) is 1.85. The standard InChI is InChI=1S/C16H19ClN2/c1-12(2)19(11-14-7-5-4-6-8-14)15-9-13(3)16(17)18-10-15/h4-10,12H,11H2,1-3H3. The van der Waals surface area contributed by atoms with Gasteiger partial charge in [0.25, 0.3) is 0 Å². The maximum absolute atomic E-state index is 6.00. The molecule has 1 aromatic carbocycles. The number of aromatic nitrogens is 1. The third kappa shape index (κ3) is 3.48. The van der Waals surface area contributed by atoms with Crippen LogP contribution in [0.25, 0.3) is 0 Å². The van der Waals surface area contributed by atoms with Crippen LogP contribution in [0, 0.1) is 6.92 Å². The molecular formula is C16H19ClN2. The molecule has 0 aliphatic rings. The molecule has 0 atom stereocenters. The number of anilines is 1. The molecule has 0 bridgehead atoms. The average Bonchev–Trinajstić information content (AvgIpc) is 2.40. The first-order valence-corrected chi connectivity index (χ1v) is 6.88. The Morgan fingerprint density at radius 1 is 1.21 bits per heavy atom. The van der Waals surface area contributed by atoms with Crippen LogP contribution in [0.1, 0.15) is 25.0 Å². The van der Waals surface area contributed by atoms with Gasteiger partial charge in [-0.2, -0.15) is 0 Å². The lowest BCUT2D eigenvalue weighted by atomic mass is 10.1. The number of rotatable bonds is 4. The number of nitrogens with zero attached hydrogens (tertiary/aromatic N) is 2. The Morgan fingerprint density at radius 3 is 2.47 bits per heavy atom. The van der Waals surface area contributed by atoms with Gasteiger partial charge in [0.2, 0.25) is 0 Å². The Bertz CT molecular complexity index is 538. The van der Waals surface area contributed by atoms with Crippen molar-refractivity contribution in [3.05, 3.63) is 58.9 Å². The fourth-order valence-corrected chi connectivity index (χ4v) is 2.16. The molecule has 2 nitrogen and oxygen atoms in total. The van der Waals surface area contributed by atoms with Crippen molar-refractivity contribution in [2.45, 2.75) is 33.4 Å². The highest BCUT2D eigenvalue weighted by Crippen LogP contribution is 2.23. The van der Waals surface area contributed by atoms with Crippen molar-refractivity contribution in [3.8, 4) is 0 Å². The van der Waals surface area contributed by atoms with Gasteiger partial charge < -0.3 is 4.90 Å². The Balaban J connectivity index is 2.27. The van der Waals surface area contributed by atoms with Crippen molar-refractivity contribution in [1.82, 2.24) is 4.98 Å². The molecule has 0 fully saturated rings. The van der Waals surface area contributed by atoms with E-state index in [0.29, 0.717) is 11.2 Å². The first kappa shape index (κ1) is 13.9. The molecule has 0 spiro atoms. The molecule has 0 unspecified atom stereocenters. The largest absolute Gasteiger partial charge is 0.364 e. The second kappa shape index (κ2) is 6.07. The second-order valence-electron chi connectivity index (χ2n) is 5.01. The number of aryl methyl sites for hydroxylation is 1. The zero-order valence-corrected chi connectivity index (χ0v) is 12.4. The molecule has 0 aliphatic carbocycles. The van der Waals surface area contributed by atoms with Gasteiger partial charge in [0.15, 0.2) is 0 Å². The number of halogens is 1. The molecule has 0 saturated carbocycles. The van der Waals surface area contributed by atoms with E-state index in [1.165, 1.54) is 5.56 Å². The molecule has 2 aromatic rings. The molecule has 0 amide bonds. The smallest absolute Gasteiger partial charge is 0.132 e. The number of hydrogen-bond donors (Lipinski definition) is 0. The molecule has 3 heteroatoms. The maximum atomic E-state index is 6.00. The van der Waals surface area contributed by atoms with Crippen molar-refractivity contribution in [3.63, 3.8) is 0 Å². The van der Waals surface area contributed by atoms with E-state index < -0.39 is 0 Å². The van der Waals surface area contributed by atoms with Gasteiger partial charge in [-0.25, -0.2) is 4.98 Å². The summed E-state index contributed by atoms with van der Waals surface area (Å²) in [7, 11) is 0. The summed E-state index contributed by atoms with van der Waals surface area (Å²) in [5.41, 5.74) is 3.42. The molecule has 0 N–H and O–H groups in total. The highest BCUT2D eigenvalue weighted by atomic mass is 35.5. The highest BCUT2D eigenvalue weighted by Gasteiger charge is 2.12. The van der Waals surface area contributed by atoms with Crippen LogP contribution < -0.4 is 4.90 Å². The summed E-state index contributed by atoms with van der Waals surface area (Å²) < 4.78 is 0. The van der Waals surface area contributed by atoms with Gasteiger partial charge in [0, 0.05) is 12.6 Å². The van der Waals surface area contributed by atoms with Gasteiger partial charge >= 0.3 is 0 Å². The van der Waals surface area contributed by atoms with Gasteiger partial charge in [-0.05, 0) is 38.0 Å². The molecule has 1 aromatic heterocycles. The van der Waals surface area contributed by atoms with E-state index in [4.69, 9.17) is 11.6 Å². The Labute approximate surface area is 120 Å². The average molecular weight is 275 g/mol. The van der Waals surface area contributed by atoms with Crippen molar-refractivity contribution < 1.29 is 0 Å². The van der Waals surface area contributed by atoms with Crippen molar-refractivity contribution >= 4 is 17.3 Å². The highest BCUT2D eigenvalue weighted by molar-refractivity contribution is 6.30. The second-order valence-corrected chi connectivity index (χ2v) is 5.37. The predicted octanol–water partition coefficient (Wildman–Crippen LogP) is 4.46. The summed E-state index contributed by atoms with van der Waals surface area (Å²) in [5.74, 6) is 0. The van der Waals surface area contributed by atoms with Gasteiger partial charge in [-0.1, -0.05) is 41.9 Å². The summed E-state index contributed by atoms with van der Waals surface area (Å²) in [6, 6.07) is 13.0. The third-order valence-electron chi connectivity index (χ3n) is 3.15. The summed E-state index contributed by atoms with van der Waals surface area (Å²) in [4.78, 5) is 6.57. The van der Waals surface area contributed by atoms with E-state index in [-0.39, 0.29) is 0 Å². The number of hydrogen-bond acceptors (Lipinski definition) is 2. The van der Waals surface area contributed by atoms with Crippen LogP contribution in [0.2, 0.25) is 5.15 Å². The van der Waals surface area contributed by atoms with Gasteiger partial charge in [0.05, 0.1) is 11.9 Å². The Hall–Kier alpha value is -1.54. The molecule has 19 heavy (non-hydrogen) atoms. The minimum atomic E-state index is 0.405. The van der Waals surface area contributed by atoms with Crippen molar-refractivity contribution in [2.75, 3.05) is 4.90 Å². The SMILES string of the molecule is Cc1cc(N(Cc2ccccc2)C(C)C)cnc1Cl. The molecule has 0 saturated heterocycles. The van der Waals surface area contributed by atoms with Crippen LogP contribution in [-0.2, 0) is 6.54 Å². The molecule has 1 heterocycles. The van der Waals surface area contributed by atoms with Crippen molar-refractivity contribution in [2.24, 2.45) is 0 Å². The van der Waals surface area contributed by atoms with E-state index in [0.717, 1.165) is 17.8 Å². The van der Waals surface area contributed by atoms with Gasteiger partial charge in [0.1, 0.15) is 5.15 Å². The molecule has 0 radical (unpaired) electrons. The first-order chi connectivity index (χ1) is 9.08. The Kier molecular flexibility index (Phi) is 4.43. The molecule has 100 valence electrons. The molecular weight excluding hydrogens is 256 g/mol. The van der Waals surface area contributed by atoms with Crippen molar-refractivity contribution in [1.29, 1.82) is 0 Å². The normalized spacial score (nSPS) is 10.8. The van der Waals surface area contributed by atoms with E-state index in [1.54, 1.807) is 0 Å². The lowest BCUT2D eigenvalue weighted by Crippen LogP contribution is -2.30. The molecule has 0 aliphatic heterocycles. The first-order valence-electron chi connectivity index (χ1n) is 6.50. The predicted molar refractivity (Wildman–Crippen MR) is 81.7 cm³/mol. The van der Waals surface area contributed by atoms with Crippen LogP contribution >= 0.6 is 11.6 Å². The fourth-order valence-electron chi connectivity index (χ4n) is 2.05. The van der Waals surface area contributed by atoms with Crippen LogP contribution in [0.5, 0.6) is 0 Å². The lowest BCUT2D eigenvalue weighted by molar-refractivity contribution is 0.681. The minimum Gasteiger partial charge on any atom is -0.364 e. The van der Waals surface area contributed by atoms with E-state index >= 15 is 0 Å². The fraction of sp³-hybridized carbons (Fsp3) is 0.312. The minimum absolute atomic E-state index is 0.405. The number of pyridine rings is 1. The summed E-state index contributed by atoms with van der Waals surface area (Å²) in [5, 5.41) is 0.576. The monoisotopic (exact) mass is 274 g/mol. The summed E-state index contributed by atoms with van der Waals surface area (Å²) >= 11 is 6.00. The van der Waals surface area contributed by atoms with Gasteiger partial charge in [-0.3, -0.25) is 0 Å². The van der Waals surface area contributed by atoms with Crippen LogP contribution in [0.3, 0.4) is 0 Å². The van der Waals surface area contributed by atoms with Crippen LogP contribution in [0.15, 0.2) is 42.6 Å².